The molecule has 1 rings (SSSR count). The molecule has 84 valence electrons. The van der Waals surface area contributed by atoms with Gasteiger partial charge in [0.1, 0.15) is 5.60 Å². The minimum Gasteiger partial charge on any atom is -0.133 e. The lowest BCUT2D eigenvalue weighted by atomic mass is 9.94. The zero-order valence-electron chi connectivity index (χ0n) is 8.30. The van der Waals surface area contributed by atoms with E-state index in [0.29, 0.717) is 6.42 Å². The minimum absolute atomic E-state index is 0. The number of benzene rings is 1. The molecule has 2 unspecified atom stereocenters. The normalized spacial score (nSPS) is 15.0. The van der Waals surface area contributed by atoms with E-state index in [9.17, 15) is 4.57 Å². The summed E-state index contributed by atoms with van der Waals surface area (Å²) >= 11 is 0. The quantitative estimate of drug-likeness (QED) is 0.802. The molecule has 0 aliphatic heterocycles. The maximum Gasteiger partial charge on any atom is 0.695 e. The van der Waals surface area contributed by atoms with Crippen molar-refractivity contribution in [2.45, 2.75) is 33.3 Å². The van der Waals surface area contributed by atoms with Gasteiger partial charge in [0.15, 0.2) is 0 Å². The average molecular weight is 229 g/mol. The van der Waals surface area contributed by atoms with Gasteiger partial charge in [0.05, 0.1) is 0 Å². The lowest BCUT2D eigenvalue weighted by Gasteiger charge is -2.20. The standard InChI is InChI=1S/C10H13O3P.CH4/c1-3-10(2,13-14(11)12)9-7-5-4-6-8-9;/h4-8H,3H2,1-2H3;1H4/p+1. The van der Waals surface area contributed by atoms with Crippen LogP contribution in [0.4, 0.5) is 0 Å². The highest BCUT2D eigenvalue weighted by Gasteiger charge is 2.35. The van der Waals surface area contributed by atoms with Crippen LogP contribution < -0.4 is 0 Å². The van der Waals surface area contributed by atoms with Crippen LogP contribution in [0.3, 0.4) is 0 Å². The van der Waals surface area contributed by atoms with E-state index in [1.807, 2.05) is 44.2 Å². The highest BCUT2D eigenvalue weighted by molar-refractivity contribution is 7.32. The van der Waals surface area contributed by atoms with E-state index in [4.69, 9.17) is 9.42 Å². The lowest BCUT2D eigenvalue weighted by molar-refractivity contribution is 0.0778. The van der Waals surface area contributed by atoms with Crippen molar-refractivity contribution in [3.05, 3.63) is 35.9 Å². The van der Waals surface area contributed by atoms with E-state index in [1.54, 1.807) is 0 Å². The van der Waals surface area contributed by atoms with E-state index in [1.165, 1.54) is 0 Å². The number of hydrogen-bond donors (Lipinski definition) is 1. The molecular formula is C11H18O3P+. The van der Waals surface area contributed by atoms with Gasteiger partial charge in [-0.3, -0.25) is 0 Å². The summed E-state index contributed by atoms with van der Waals surface area (Å²) in [6.07, 6.45) is 0.651. The monoisotopic (exact) mass is 229 g/mol. The molecule has 0 aliphatic carbocycles. The molecular weight excluding hydrogens is 211 g/mol. The topological polar surface area (TPSA) is 46.5 Å². The molecule has 0 bridgehead atoms. The fraction of sp³-hybridized carbons (Fsp3) is 0.455. The van der Waals surface area contributed by atoms with Crippen molar-refractivity contribution in [1.82, 2.24) is 0 Å². The molecule has 1 aromatic rings. The number of hydrogen-bond acceptors (Lipinski definition) is 2. The summed E-state index contributed by atoms with van der Waals surface area (Å²) in [5, 5.41) is 0. The molecule has 0 amide bonds. The molecule has 0 saturated carbocycles. The Bertz CT molecular complexity index is 313. The third-order valence-corrected chi connectivity index (χ3v) is 2.90. The molecule has 0 spiro atoms. The lowest BCUT2D eigenvalue weighted by Crippen LogP contribution is -2.21. The van der Waals surface area contributed by atoms with Crippen molar-refractivity contribution in [3.8, 4) is 0 Å². The van der Waals surface area contributed by atoms with Crippen LogP contribution in [0.25, 0.3) is 0 Å². The maximum absolute atomic E-state index is 10.7. The first-order valence-corrected chi connectivity index (χ1v) is 5.62. The predicted molar refractivity (Wildman–Crippen MR) is 61.7 cm³/mol. The van der Waals surface area contributed by atoms with E-state index < -0.39 is 13.9 Å². The average Bonchev–Trinajstić information content (AvgIpc) is 2.18. The summed E-state index contributed by atoms with van der Waals surface area (Å²) in [6.45, 7) is 3.73. The molecule has 0 heterocycles. The van der Waals surface area contributed by atoms with Gasteiger partial charge in [0, 0.05) is 4.57 Å². The van der Waals surface area contributed by atoms with Crippen LogP contribution >= 0.6 is 8.25 Å². The van der Waals surface area contributed by atoms with Crippen molar-refractivity contribution in [2.24, 2.45) is 0 Å². The van der Waals surface area contributed by atoms with Gasteiger partial charge >= 0.3 is 8.25 Å². The van der Waals surface area contributed by atoms with Crippen LogP contribution in [0.1, 0.15) is 33.3 Å². The maximum atomic E-state index is 10.7. The SMILES string of the molecule is C.CCC(C)(O[P+](=O)O)c1ccccc1. The van der Waals surface area contributed by atoms with Gasteiger partial charge in [-0.2, -0.15) is 0 Å². The molecule has 0 fully saturated rings. The molecule has 2 atom stereocenters. The first-order chi connectivity index (χ1) is 6.58. The Kier molecular flexibility index (Phi) is 5.66. The third kappa shape index (κ3) is 3.71. The Morgan fingerprint density at radius 1 is 1.40 bits per heavy atom. The fourth-order valence-corrected chi connectivity index (χ4v) is 1.86. The van der Waals surface area contributed by atoms with E-state index in [-0.39, 0.29) is 7.43 Å². The summed E-state index contributed by atoms with van der Waals surface area (Å²) in [5.74, 6) is 0. The largest absolute Gasteiger partial charge is 0.695 e. The van der Waals surface area contributed by atoms with Crippen LogP contribution in [0.2, 0.25) is 0 Å². The summed E-state index contributed by atoms with van der Waals surface area (Å²) < 4.78 is 15.7. The van der Waals surface area contributed by atoms with Crippen molar-refractivity contribution in [3.63, 3.8) is 0 Å². The van der Waals surface area contributed by atoms with E-state index in [2.05, 4.69) is 0 Å². The van der Waals surface area contributed by atoms with Crippen LogP contribution in [-0.2, 0) is 14.7 Å². The van der Waals surface area contributed by atoms with E-state index in [0.717, 1.165) is 5.56 Å². The first-order valence-electron chi connectivity index (χ1n) is 4.49. The van der Waals surface area contributed by atoms with Crippen molar-refractivity contribution in [2.75, 3.05) is 0 Å². The Balaban J connectivity index is 0.00000196. The third-order valence-electron chi connectivity index (χ3n) is 2.34. The molecule has 0 aliphatic rings. The molecule has 0 radical (unpaired) electrons. The minimum atomic E-state index is -2.57. The van der Waals surface area contributed by atoms with Gasteiger partial charge in [-0.05, 0) is 18.9 Å². The second-order valence-corrected chi connectivity index (χ2v) is 3.94. The van der Waals surface area contributed by atoms with Gasteiger partial charge in [-0.1, -0.05) is 44.7 Å². The smallest absolute Gasteiger partial charge is 0.133 e. The zero-order chi connectivity index (χ0) is 10.6. The molecule has 3 nitrogen and oxygen atoms in total. The second-order valence-electron chi connectivity index (χ2n) is 3.28. The van der Waals surface area contributed by atoms with Gasteiger partial charge < -0.3 is 0 Å². The van der Waals surface area contributed by atoms with Crippen LogP contribution in [-0.4, -0.2) is 4.89 Å². The van der Waals surface area contributed by atoms with Crippen molar-refractivity contribution >= 4 is 8.25 Å². The summed E-state index contributed by atoms with van der Waals surface area (Å²) in [5.41, 5.74) is 0.239. The summed E-state index contributed by atoms with van der Waals surface area (Å²) in [7, 11) is -2.57. The van der Waals surface area contributed by atoms with Crippen molar-refractivity contribution < 1.29 is 14.0 Å². The highest BCUT2D eigenvalue weighted by Crippen LogP contribution is 2.36. The molecule has 0 aromatic heterocycles. The van der Waals surface area contributed by atoms with Crippen molar-refractivity contribution in [1.29, 1.82) is 0 Å². The molecule has 0 saturated heterocycles. The second kappa shape index (κ2) is 5.96. The Morgan fingerprint density at radius 2 is 1.93 bits per heavy atom. The Labute approximate surface area is 92.0 Å². The molecule has 4 heteroatoms. The van der Waals surface area contributed by atoms with Crippen LogP contribution in [0, 0.1) is 0 Å². The fourth-order valence-electron chi connectivity index (χ4n) is 1.28. The molecule has 1 N–H and O–H groups in total. The highest BCUT2D eigenvalue weighted by atomic mass is 31.1. The van der Waals surface area contributed by atoms with Crippen LogP contribution in [0.5, 0.6) is 0 Å². The predicted octanol–water partition coefficient (Wildman–Crippen LogP) is 3.61. The Hall–Kier alpha value is -0.760. The first kappa shape index (κ1) is 14.2. The van der Waals surface area contributed by atoms with Gasteiger partial charge in [-0.25, -0.2) is 0 Å². The molecule has 1 aromatic carbocycles. The van der Waals surface area contributed by atoms with E-state index >= 15 is 0 Å². The van der Waals surface area contributed by atoms with Gasteiger partial charge in [0.25, 0.3) is 0 Å². The summed E-state index contributed by atoms with van der Waals surface area (Å²) in [4.78, 5) is 8.77. The molecule has 15 heavy (non-hydrogen) atoms. The van der Waals surface area contributed by atoms with Gasteiger partial charge in [0.2, 0.25) is 0 Å². The Morgan fingerprint density at radius 3 is 2.33 bits per heavy atom. The number of rotatable bonds is 4. The summed E-state index contributed by atoms with van der Waals surface area (Å²) in [6, 6.07) is 9.46. The van der Waals surface area contributed by atoms with Gasteiger partial charge in [-0.15, -0.1) is 9.42 Å². The van der Waals surface area contributed by atoms with Crippen LogP contribution in [0.15, 0.2) is 30.3 Å². The zero-order valence-corrected chi connectivity index (χ0v) is 9.20.